The maximum atomic E-state index is 7.61. The smallest absolute Gasteiger partial charge is 0.143 e. The van der Waals surface area contributed by atoms with Crippen LogP contribution in [0.2, 0.25) is 0 Å². The van der Waals surface area contributed by atoms with Crippen LogP contribution in [0.15, 0.2) is 385 Å². The summed E-state index contributed by atoms with van der Waals surface area (Å²) in [7, 11) is 0. The number of anilines is 6. The molecular weight excluding hydrogens is 1210 g/mol. The molecule has 468 valence electrons. The molecule has 19 aromatic rings. The van der Waals surface area contributed by atoms with Crippen LogP contribution in [0.5, 0.6) is 0 Å². The van der Waals surface area contributed by atoms with Crippen molar-refractivity contribution < 1.29 is 8.83 Å². The number of rotatable bonds is 13. The number of fused-ring (bicyclic) bond motifs is 9. The van der Waals surface area contributed by atoms with Crippen molar-refractivity contribution in [3.63, 3.8) is 0 Å². The highest BCUT2D eigenvalue weighted by Gasteiger charge is 2.26. The number of furan rings is 2. The highest BCUT2D eigenvalue weighted by Crippen LogP contribution is 2.51. The van der Waals surface area contributed by atoms with Crippen LogP contribution in [0.25, 0.3) is 154 Å². The van der Waals surface area contributed by atoms with Crippen LogP contribution < -0.4 is 9.80 Å². The molecule has 0 unspecified atom stereocenters. The molecule has 17 aromatic carbocycles. The van der Waals surface area contributed by atoms with Gasteiger partial charge in [-0.25, -0.2) is 0 Å². The second kappa shape index (κ2) is 24.4. The predicted molar refractivity (Wildman–Crippen MR) is 421 cm³/mol. The molecule has 0 amide bonds. The van der Waals surface area contributed by atoms with Crippen molar-refractivity contribution in [1.82, 2.24) is 0 Å². The largest absolute Gasteiger partial charge is 0.455 e. The predicted octanol–water partition coefficient (Wildman–Crippen LogP) is 27.6. The van der Waals surface area contributed by atoms with E-state index in [1.165, 1.54) is 21.9 Å². The Morgan fingerprint density at radius 2 is 0.590 bits per heavy atom. The molecule has 0 atom stereocenters. The molecule has 2 aromatic heterocycles. The number of nitrogens with zero attached hydrogens (tertiary/aromatic N) is 2. The minimum atomic E-state index is 0.822. The molecule has 19 rings (SSSR count). The van der Waals surface area contributed by atoms with Gasteiger partial charge < -0.3 is 18.6 Å². The average molecular weight is 1280 g/mol. The molecular formula is C96H62N2O2. The highest BCUT2D eigenvalue weighted by atomic mass is 16.3. The van der Waals surface area contributed by atoms with Gasteiger partial charge in [0.1, 0.15) is 22.3 Å². The lowest BCUT2D eigenvalue weighted by molar-refractivity contribution is 0.670. The Balaban J connectivity index is 0.759. The van der Waals surface area contributed by atoms with Crippen molar-refractivity contribution in [1.29, 1.82) is 0 Å². The first-order chi connectivity index (χ1) is 49.6. The standard InChI is InChI=1S/C96H62N2O2/c1-2-22-63(23-3-1)65-48-50-66(51-49-65)67-54-57-74(58-55-67)97(75-31-16-29-71(61-75)72-53-52-64-24-4-5-27-70(64)60-72)90-44-13-10-35-80(90)84-39-20-41-86-87-42-21-43-88(96(87)100-95(84)86)93-78-34-9-7-26-69(78)56-59-79(93)73-30-17-32-76(62-73)98(89-46-18-28-68-25-6-8-33-77(68)89)91-45-14-11-36-81(91)83-38-19-40-85-82-37-12-15-47-92(82)99-94(83)85/h1-62H. The van der Waals surface area contributed by atoms with Gasteiger partial charge in [-0.1, -0.05) is 309 Å². The SMILES string of the molecule is c1ccc(-c2ccc(-c3ccc(N(c4cccc(-c5ccc6ccccc6c5)c4)c4ccccc4-c4cccc5c4oc4c(-c6c(-c7cccc(N(c8ccccc8-c8cccc9c8oc8ccccc89)c8cccc9ccccc89)c7)ccc7ccccc67)cccc45)cc3)cc2)cc1. The second-order valence-corrected chi connectivity index (χ2v) is 25.8. The van der Waals surface area contributed by atoms with Gasteiger partial charge in [0.15, 0.2) is 0 Å². The fourth-order valence-electron chi connectivity index (χ4n) is 15.3. The molecule has 0 N–H and O–H groups in total. The van der Waals surface area contributed by atoms with Crippen LogP contribution in [0, 0.1) is 0 Å². The monoisotopic (exact) mass is 1270 g/mol. The summed E-state index contributed by atoms with van der Waals surface area (Å²) in [5.74, 6) is 0. The normalized spacial score (nSPS) is 11.6. The van der Waals surface area contributed by atoms with Gasteiger partial charge in [0.25, 0.3) is 0 Å². The Kier molecular flexibility index (Phi) is 14.2. The van der Waals surface area contributed by atoms with E-state index in [-0.39, 0.29) is 0 Å². The maximum absolute atomic E-state index is 7.61. The van der Waals surface area contributed by atoms with Gasteiger partial charge in [-0.05, 0) is 138 Å². The number of para-hydroxylation sites is 6. The van der Waals surface area contributed by atoms with Crippen LogP contribution >= 0.6 is 0 Å². The van der Waals surface area contributed by atoms with E-state index >= 15 is 0 Å². The zero-order valence-corrected chi connectivity index (χ0v) is 54.5. The summed E-state index contributed by atoms with van der Waals surface area (Å²) in [5.41, 5.74) is 25.0. The van der Waals surface area contributed by atoms with Gasteiger partial charge in [0, 0.05) is 77.4 Å². The summed E-state index contributed by atoms with van der Waals surface area (Å²) >= 11 is 0. The quantitative estimate of drug-likeness (QED) is 0.115. The Hall–Kier alpha value is -13.3. The van der Waals surface area contributed by atoms with E-state index in [4.69, 9.17) is 8.83 Å². The summed E-state index contributed by atoms with van der Waals surface area (Å²) in [5, 5.41) is 11.3. The van der Waals surface area contributed by atoms with E-state index in [2.05, 4.69) is 380 Å². The first kappa shape index (κ1) is 58.1. The van der Waals surface area contributed by atoms with E-state index in [1.807, 2.05) is 6.07 Å². The Bertz CT molecular complexity index is 6350. The summed E-state index contributed by atoms with van der Waals surface area (Å²) in [4.78, 5) is 4.85. The van der Waals surface area contributed by atoms with Gasteiger partial charge in [-0.3, -0.25) is 0 Å². The van der Waals surface area contributed by atoms with Crippen molar-refractivity contribution in [3.8, 4) is 77.9 Å². The molecule has 0 fully saturated rings. The third-order valence-electron chi connectivity index (χ3n) is 20.1. The van der Waals surface area contributed by atoms with Crippen molar-refractivity contribution in [2.45, 2.75) is 0 Å². The lowest BCUT2D eigenvalue weighted by atomic mass is 9.88. The van der Waals surface area contributed by atoms with Gasteiger partial charge in [-0.15, -0.1) is 0 Å². The van der Waals surface area contributed by atoms with Gasteiger partial charge in [0.05, 0.1) is 17.1 Å². The summed E-state index contributed by atoms with van der Waals surface area (Å²) < 4.78 is 14.4. The molecule has 0 bridgehead atoms. The van der Waals surface area contributed by atoms with Crippen LogP contribution in [-0.4, -0.2) is 0 Å². The molecule has 0 saturated carbocycles. The van der Waals surface area contributed by atoms with Crippen molar-refractivity contribution in [2.24, 2.45) is 0 Å². The van der Waals surface area contributed by atoms with E-state index in [0.717, 1.165) is 166 Å². The van der Waals surface area contributed by atoms with Gasteiger partial charge in [-0.2, -0.15) is 0 Å². The average Bonchev–Trinajstić information content (AvgIpc) is 1.45. The summed E-state index contributed by atoms with van der Waals surface area (Å²) in [6, 6.07) is 136. The van der Waals surface area contributed by atoms with E-state index in [9.17, 15) is 0 Å². The van der Waals surface area contributed by atoms with Crippen molar-refractivity contribution in [3.05, 3.63) is 376 Å². The van der Waals surface area contributed by atoms with E-state index < -0.39 is 0 Å². The molecule has 0 aliphatic rings. The highest BCUT2D eigenvalue weighted by molar-refractivity contribution is 6.18. The topological polar surface area (TPSA) is 32.8 Å². The third-order valence-corrected chi connectivity index (χ3v) is 20.1. The number of hydrogen-bond acceptors (Lipinski definition) is 4. The minimum absolute atomic E-state index is 0.822. The van der Waals surface area contributed by atoms with E-state index in [1.54, 1.807) is 0 Å². The lowest BCUT2D eigenvalue weighted by Crippen LogP contribution is -2.12. The molecule has 2 heterocycles. The second-order valence-electron chi connectivity index (χ2n) is 25.8. The summed E-state index contributed by atoms with van der Waals surface area (Å²) in [6.07, 6.45) is 0. The van der Waals surface area contributed by atoms with Crippen molar-refractivity contribution >= 4 is 110 Å². The van der Waals surface area contributed by atoms with Crippen molar-refractivity contribution in [2.75, 3.05) is 9.80 Å². The number of hydrogen-bond donors (Lipinski definition) is 0. The van der Waals surface area contributed by atoms with Crippen LogP contribution in [0.4, 0.5) is 34.1 Å². The zero-order valence-electron chi connectivity index (χ0n) is 54.5. The maximum Gasteiger partial charge on any atom is 0.143 e. The molecule has 100 heavy (non-hydrogen) atoms. The fourth-order valence-corrected chi connectivity index (χ4v) is 15.3. The molecule has 4 nitrogen and oxygen atoms in total. The van der Waals surface area contributed by atoms with Gasteiger partial charge >= 0.3 is 0 Å². The first-order valence-corrected chi connectivity index (χ1v) is 34.2. The fraction of sp³-hybridized carbons (Fsp3) is 0. The zero-order chi connectivity index (χ0) is 66.0. The Morgan fingerprint density at radius 3 is 1.30 bits per heavy atom. The Morgan fingerprint density at radius 1 is 0.180 bits per heavy atom. The molecule has 4 heteroatoms. The Labute approximate surface area is 579 Å². The molecule has 0 radical (unpaired) electrons. The molecule has 0 aliphatic heterocycles. The van der Waals surface area contributed by atoms with Crippen LogP contribution in [0.3, 0.4) is 0 Å². The first-order valence-electron chi connectivity index (χ1n) is 34.2. The van der Waals surface area contributed by atoms with Gasteiger partial charge in [0.2, 0.25) is 0 Å². The van der Waals surface area contributed by atoms with Crippen LogP contribution in [-0.2, 0) is 0 Å². The minimum Gasteiger partial charge on any atom is -0.455 e. The lowest BCUT2D eigenvalue weighted by Gasteiger charge is -2.29. The molecule has 0 saturated heterocycles. The third kappa shape index (κ3) is 10.1. The number of benzene rings is 17. The van der Waals surface area contributed by atoms with E-state index in [0.29, 0.717) is 0 Å². The molecule has 0 aliphatic carbocycles. The van der Waals surface area contributed by atoms with Crippen LogP contribution in [0.1, 0.15) is 0 Å². The molecule has 0 spiro atoms. The summed E-state index contributed by atoms with van der Waals surface area (Å²) in [6.45, 7) is 0.